The van der Waals surface area contributed by atoms with Crippen LogP contribution in [0.25, 0.3) is 22.0 Å². The molecule has 25 heavy (non-hydrogen) atoms. The van der Waals surface area contributed by atoms with Gasteiger partial charge < -0.3 is 14.8 Å². The Labute approximate surface area is 148 Å². The quantitative estimate of drug-likeness (QED) is 0.537. The molecule has 1 N–H and O–H groups in total. The maximum atomic E-state index is 5.45. The van der Waals surface area contributed by atoms with E-state index in [4.69, 9.17) is 14.5 Å². The molecule has 0 bridgehead atoms. The van der Waals surface area contributed by atoms with Crippen molar-refractivity contribution in [1.29, 1.82) is 0 Å². The Bertz CT molecular complexity index is 1070. The number of thiazole rings is 1. The van der Waals surface area contributed by atoms with Crippen LogP contribution >= 0.6 is 11.3 Å². The standard InChI is InChI=1S/C20H14N2O2S/c1-2-6-15-13(4-1)5-3-7-16(15)21-20-22-17(11-25-20)14-8-9-18-19(10-14)24-12-23-18/h1-11H,12H2,(H,21,22). The number of nitrogens with zero attached hydrogens (tertiary/aromatic N) is 1. The molecule has 1 aliphatic rings. The van der Waals surface area contributed by atoms with Crippen molar-refractivity contribution in [1.82, 2.24) is 4.98 Å². The molecule has 0 atom stereocenters. The molecular formula is C20H14N2O2S. The topological polar surface area (TPSA) is 43.4 Å². The van der Waals surface area contributed by atoms with Gasteiger partial charge in [0, 0.05) is 22.0 Å². The van der Waals surface area contributed by atoms with Gasteiger partial charge in [-0.3, -0.25) is 0 Å². The molecule has 4 aromatic rings. The van der Waals surface area contributed by atoms with Crippen LogP contribution in [0.3, 0.4) is 0 Å². The predicted octanol–water partition coefficient (Wildman–Crippen LogP) is 5.44. The molecule has 5 rings (SSSR count). The summed E-state index contributed by atoms with van der Waals surface area (Å²) in [6, 6.07) is 20.5. The SMILES string of the molecule is c1ccc2c(Nc3nc(-c4ccc5c(c4)OCO5)cs3)cccc2c1. The van der Waals surface area contributed by atoms with Crippen molar-refractivity contribution < 1.29 is 9.47 Å². The molecular weight excluding hydrogens is 332 g/mol. The lowest BCUT2D eigenvalue weighted by Crippen LogP contribution is -1.92. The normalized spacial score (nSPS) is 12.5. The highest BCUT2D eigenvalue weighted by atomic mass is 32.1. The summed E-state index contributed by atoms with van der Waals surface area (Å²) < 4.78 is 10.8. The average Bonchev–Trinajstić information content (AvgIpc) is 3.30. The van der Waals surface area contributed by atoms with Gasteiger partial charge in [0.05, 0.1) is 5.69 Å². The zero-order valence-electron chi connectivity index (χ0n) is 13.2. The summed E-state index contributed by atoms with van der Waals surface area (Å²) in [5, 5.41) is 8.75. The van der Waals surface area contributed by atoms with Gasteiger partial charge in [0.15, 0.2) is 16.6 Å². The second kappa shape index (κ2) is 5.79. The Hall–Kier alpha value is -3.05. The highest BCUT2D eigenvalue weighted by Crippen LogP contribution is 2.37. The third-order valence-corrected chi connectivity index (χ3v) is 4.96. The first-order valence-corrected chi connectivity index (χ1v) is 8.85. The maximum Gasteiger partial charge on any atom is 0.231 e. The van der Waals surface area contributed by atoms with Crippen LogP contribution in [-0.4, -0.2) is 11.8 Å². The molecule has 0 amide bonds. The molecule has 4 nitrogen and oxygen atoms in total. The summed E-state index contributed by atoms with van der Waals surface area (Å²) in [7, 11) is 0. The van der Waals surface area contributed by atoms with Gasteiger partial charge in [0.25, 0.3) is 0 Å². The minimum atomic E-state index is 0.281. The number of hydrogen-bond donors (Lipinski definition) is 1. The van der Waals surface area contributed by atoms with E-state index in [1.807, 2.05) is 35.7 Å². The summed E-state index contributed by atoms with van der Waals surface area (Å²) in [6.07, 6.45) is 0. The molecule has 122 valence electrons. The summed E-state index contributed by atoms with van der Waals surface area (Å²) in [4.78, 5) is 4.72. The molecule has 2 heterocycles. The number of anilines is 2. The average molecular weight is 346 g/mol. The lowest BCUT2D eigenvalue weighted by Gasteiger charge is -2.07. The zero-order chi connectivity index (χ0) is 16.6. The van der Waals surface area contributed by atoms with Gasteiger partial charge in [0.1, 0.15) is 0 Å². The van der Waals surface area contributed by atoms with Crippen molar-refractivity contribution in [2.45, 2.75) is 0 Å². The number of hydrogen-bond acceptors (Lipinski definition) is 5. The largest absolute Gasteiger partial charge is 0.454 e. The van der Waals surface area contributed by atoms with Crippen molar-refractivity contribution in [2.75, 3.05) is 12.1 Å². The van der Waals surface area contributed by atoms with Gasteiger partial charge in [-0.2, -0.15) is 0 Å². The molecule has 5 heteroatoms. The minimum Gasteiger partial charge on any atom is -0.454 e. The first kappa shape index (κ1) is 14.3. The smallest absolute Gasteiger partial charge is 0.231 e. The molecule has 3 aromatic carbocycles. The van der Waals surface area contributed by atoms with Crippen LogP contribution in [0, 0.1) is 0 Å². The van der Waals surface area contributed by atoms with Crippen molar-refractivity contribution in [3.63, 3.8) is 0 Å². The summed E-state index contributed by atoms with van der Waals surface area (Å²) >= 11 is 1.59. The molecule has 0 saturated heterocycles. The summed E-state index contributed by atoms with van der Waals surface area (Å²) in [5.74, 6) is 1.56. The number of aromatic nitrogens is 1. The van der Waals surface area contributed by atoms with Crippen LogP contribution in [0.15, 0.2) is 66.0 Å². The Balaban J connectivity index is 1.46. The van der Waals surface area contributed by atoms with E-state index in [1.165, 1.54) is 10.8 Å². The zero-order valence-corrected chi connectivity index (χ0v) is 14.0. The van der Waals surface area contributed by atoms with Gasteiger partial charge in [-0.1, -0.05) is 36.4 Å². The Morgan fingerprint density at radius 3 is 2.80 bits per heavy atom. The van der Waals surface area contributed by atoms with Crippen molar-refractivity contribution in [3.8, 4) is 22.8 Å². The van der Waals surface area contributed by atoms with Crippen LogP contribution < -0.4 is 14.8 Å². The van der Waals surface area contributed by atoms with E-state index < -0.39 is 0 Å². The molecule has 1 aromatic heterocycles. The third kappa shape index (κ3) is 2.58. The monoisotopic (exact) mass is 346 g/mol. The molecule has 0 radical (unpaired) electrons. The number of ether oxygens (including phenoxy) is 2. The van der Waals surface area contributed by atoms with Crippen molar-refractivity contribution in [3.05, 3.63) is 66.0 Å². The minimum absolute atomic E-state index is 0.281. The second-order valence-electron chi connectivity index (χ2n) is 5.76. The van der Waals surface area contributed by atoms with E-state index in [0.29, 0.717) is 0 Å². The van der Waals surface area contributed by atoms with E-state index in [-0.39, 0.29) is 6.79 Å². The Morgan fingerprint density at radius 1 is 0.920 bits per heavy atom. The Morgan fingerprint density at radius 2 is 1.80 bits per heavy atom. The van der Waals surface area contributed by atoms with Crippen LogP contribution in [0.1, 0.15) is 0 Å². The number of nitrogens with one attached hydrogen (secondary N) is 1. The van der Waals surface area contributed by atoms with Gasteiger partial charge >= 0.3 is 0 Å². The molecule has 0 saturated carbocycles. The van der Waals surface area contributed by atoms with E-state index in [0.717, 1.165) is 33.6 Å². The molecule has 0 spiro atoms. The van der Waals surface area contributed by atoms with E-state index >= 15 is 0 Å². The van der Waals surface area contributed by atoms with Crippen LogP contribution in [0.2, 0.25) is 0 Å². The van der Waals surface area contributed by atoms with Gasteiger partial charge in [0.2, 0.25) is 6.79 Å². The van der Waals surface area contributed by atoms with Gasteiger partial charge in [-0.15, -0.1) is 11.3 Å². The fraction of sp³-hybridized carbons (Fsp3) is 0.0500. The fourth-order valence-corrected chi connectivity index (χ4v) is 3.70. The summed E-state index contributed by atoms with van der Waals surface area (Å²) in [5.41, 5.74) is 3.00. The predicted molar refractivity (Wildman–Crippen MR) is 101 cm³/mol. The number of rotatable bonds is 3. The van der Waals surface area contributed by atoms with E-state index in [9.17, 15) is 0 Å². The van der Waals surface area contributed by atoms with Crippen LogP contribution in [-0.2, 0) is 0 Å². The highest BCUT2D eigenvalue weighted by Gasteiger charge is 2.15. The molecule has 1 aliphatic heterocycles. The van der Waals surface area contributed by atoms with E-state index in [2.05, 4.69) is 35.6 Å². The first-order chi connectivity index (χ1) is 12.4. The highest BCUT2D eigenvalue weighted by molar-refractivity contribution is 7.14. The summed E-state index contributed by atoms with van der Waals surface area (Å²) in [6.45, 7) is 0.281. The molecule has 0 unspecified atom stereocenters. The maximum absolute atomic E-state index is 5.45. The number of fused-ring (bicyclic) bond motifs is 2. The second-order valence-corrected chi connectivity index (χ2v) is 6.62. The molecule has 0 fully saturated rings. The van der Waals surface area contributed by atoms with Gasteiger partial charge in [-0.05, 0) is 29.7 Å². The van der Waals surface area contributed by atoms with Crippen LogP contribution in [0.4, 0.5) is 10.8 Å². The number of benzene rings is 3. The van der Waals surface area contributed by atoms with Gasteiger partial charge in [-0.25, -0.2) is 4.98 Å². The first-order valence-electron chi connectivity index (χ1n) is 7.97. The van der Waals surface area contributed by atoms with Crippen molar-refractivity contribution in [2.24, 2.45) is 0 Å². The molecule has 0 aliphatic carbocycles. The lowest BCUT2D eigenvalue weighted by molar-refractivity contribution is 0.174. The third-order valence-electron chi connectivity index (χ3n) is 4.20. The fourth-order valence-electron chi connectivity index (χ4n) is 2.97. The van der Waals surface area contributed by atoms with E-state index in [1.54, 1.807) is 11.3 Å². The van der Waals surface area contributed by atoms with Crippen LogP contribution in [0.5, 0.6) is 11.5 Å². The Kier molecular flexibility index (Phi) is 3.31. The lowest BCUT2D eigenvalue weighted by atomic mass is 10.1. The van der Waals surface area contributed by atoms with Crippen molar-refractivity contribution >= 4 is 32.9 Å².